The van der Waals surface area contributed by atoms with Crippen molar-refractivity contribution in [2.45, 2.75) is 19.4 Å². The molecule has 0 fully saturated rings. The van der Waals surface area contributed by atoms with Gasteiger partial charge in [-0.05, 0) is 18.9 Å². The Morgan fingerprint density at radius 2 is 2.05 bits per heavy atom. The topological polar surface area (TPSA) is 64.1 Å². The number of ether oxygens (including phenoxy) is 1. The van der Waals surface area contributed by atoms with Crippen molar-refractivity contribution in [1.29, 1.82) is 0 Å². The predicted octanol–water partition coefficient (Wildman–Crippen LogP) is 2.31. The Bertz CT molecular complexity index is 572. The van der Waals surface area contributed by atoms with E-state index in [-0.39, 0.29) is 11.7 Å². The number of nitrogens with zero attached hydrogens (tertiary/aromatic N) is 2. The monoisotopic (exact) mass is 271 g/mol. The van der Waals surface area contributed by atoms with E-state index in [9.17, 15) is 4.79 Å². The number of benzene rings is 1. The van der Waals surface area contributed by atoms with Gasteiger partial charge in [-0.2, -0.15) is 0 Å². The number of hydrogen-bond donors (Lipinski definition) is 1. The molecule has 1 heterocycles. The molecule has 0 aliphatic carbocycles. The second-order valence-electron chi connectivity index (χ2n) is 4.52. The largest absolute Gasteiger partial charge is 0.464 e. The summed E-state index contributed by atoms with van der Waals surface area (Å²) < 4.78 is 4.62. The number of anilines is 1. The molecule has 1 aromatic heterocycles. The highest BCUT2D eigenvalue weighted by atomic mass is 16.5. The first kappa shape index (κ1) is 14.0. The molecule has 5 heteroatoms. The lowest BCUT2D eigenvalue weighted by Crippen LogP contribution is -2.19. The van der Waals surface area contributed by atoms with E-state index in [1.165, 1.54) is 18.9 Å². The van der Waals surface area contributed by atoms with Gasteiger partial charge >= 0.3 is 5.97 Å². The Kier molecular flexibility index (Phi) is 4.65. The van der Waals surface area contributed by atoms with Crippen LogP contribution in [0.5, 0.6) is 0 Å². The van der Waals surface area contributed by atoms with Gasteiger partial charge in [-0.15, -0.1) is 0 Å². The molecule has 0 spiro atoms. The van der Waals surface area contributed by atoms with Crippen LogP contribution in [-0.2, 0) is 11.2 Å². The Hall–Kier alpha value is -2.43. The minimum absolute atomic E-state index is 0.180. The van der Waals surface area contributed by atoms with Crippen LogP contribution in [0.2, 0.25) is 0 Å². The minimum Gasteiger partial charge on any atom is -0.464 e. The quantitative estimate of drug-likeness (QED) is 0.845. The fraction of sp³-hybridized carbons (Fsp3) is 0.267. The number of rotatable bonds is 5. The van der Waals surface area contributed by atoms with E-state index in [4.69, 9.17) is 0 Å². The maximum Gasteiger partial charge on any atom is 0.358 e. The van der Waals surface area contributed by atoms with Gasteiger partial charge in [0, 0.05) is 6.04 Å². The molecule has 104 valence electrons. The highest BCUT2D eigenvalue weighted by Crippen LogP contribution is 2.09. The first-order valence-corrected chi connectivity index (χ1v) is 6.40. The fourth-order valence-electron chi connectivity index (χ4n) is 1.91. The normalized spacial score (nSPS) is 11.7. The number of aromatic nitrogens is 2. The molecule has 0 aliphatic heterocycles. The lowest BCUT2D eigenvalue weighted by Gasteiger charge is -2.14. The smallest absolute Gasteiger partial charge is 0.358 e. The molecule has 2 rings (SSSR count). The summed E-state index contributed by atoms with van der Waals surface area (Å²) in [5.41, 5.74) is 1.44. The Morgan fingerprint density at radius 3 is 2.75 bits per heavy atom. The third-order valence-corrected chi connectivity index (χ3v) is 2.81. The maximum atomic E-state index is 11.4. The van der Waals surface area contributed by atoms with Gasteiger partial charge in [-0.1, -0.05) is 30.3 Å². The van der Waals surface area contributed by atoms with E-state index in [0.29, 0.717) is 5.82 Å². The van der Waals surface area contributed by atoms with Gasteiger partial charge in [0.1, 0.15) is 5.82 Å². The van der Waals surface area contributed by atoms with Crippen molar-refractivity contribution in [3.63, 3.8) is 0 Å². The van der Waals surface area contributed by atoms with Gasteiger partial charge in [-0.3, -0.25) is 4.98 Å². The Balaban J connectivity index is 2.01. The Morgan fingerprint density at radius 1 is 1.30 bits per heavy atom. The zero-order chi connectivity index (χ0) is 14.4. The molecule has 2 aromatic rings. The molecule has 1 aromatic carbocycles. The number of methoxy groups -OCH3 is 1. The van der Waals surface area contributed by atoms with Crippen molar-refractivity contribution >= 4 is 11.8 Å². The van der Waals surface area contributed by atoms with E-state index in [2.05, 4.69) is 39.1 Å². The predicted molar refractivity (Wildman–Crippen MR) is 76.6 cm³/mol. The number of carbonyl (C=O) groups excluding carboxylic acids is 1. The van der Waals surface area contributed by atoms with Crippen LogP contribution >= 0.6 is 0 Å². The molecule has 5 nitrogen and oxygen atoms in total. The summed E-state index contributed by atoms with van der Waals surface area (Å²) in [6, 6.07) is 10.4. The summed E-state index contributed by atoms with van der Waals surface area (Å²) in [4.78, 5) is 19.6. The van der Waals surface area contributed by atoms with Crippen molar-refractivity contribution in [1.82, 2.24) is 9.97 Å². The van der Waals surface area contributed by atoms with Gasteiger partial charge in [-0.25, -0.2) is 9.78 Å². The number of esters is 1. The molecule has 1 N–H and O–H groups in total. The number of nitrogens with one attached hydrogen (secondary N) is 1. The summed E-state index contributed by atoms with van der Waals surface area (Å²) in [5.74, 6) is 0.0770. The molecular formula is C15H17N3O2. The van der Waals surface area contributed by atoms with Crippen LogP contribution in [0.25, 0.3) is 0 Å². The van der Waals surface area contributed by atoms with Crippen LogP contribution in [0, 0.1) is 0 Å². The third-order valence-electron chi connectivity index (χ3n) is 2.81. The van der Waals surface area contributed by atoms with Gasteiger partial charge in [0.05, 0.1) is 19.5 Å². The second kappa shape index (κ2) is 6.65. The van der Waals surface area contributed by atoms with E-state index in [1.807, 2.05) is 18.2 Å². The van der Waals surface area contributed by atoms with Gasteiger partial charge < -0.3 is 10.1 Å². The van der Waals surface area contributed by atoms with Crippen LogP contribution in [0.3, 0.4) is 0 Å². The molecular weight excluding hydrogens is 254 g/mol. The van der Waals surface area contributed by atoms with Crippen LogP contribution in [0.4, 0.5) is 5.82 Å². The SMILES string of the molecule is COC(=O)c1cncc(NC(C)Cc2ccccc2)n1. The van der Waals surface area contributed by atoms with Crippen molar-refractivity contribution < 1.29 is 9.53 Å². The molecule has 0 saturated carbocycles. The zero-order valence-corrected chi connectivity index (χ0v) is 11.5. The summed E-state index contributed by atoms with van der Waals surface area (Å²) in [6.07, 6.45) is 3.85. The standard InChI is InChI=1S/C15H17N3O2/c1-11(8-12-6-4-3-5-7-12)17-14-10-16-9-13(18-14)15(19)20-2/h3-7,9-11H,8H2,1-2H3,(H,17,18). The van der Waals surface area contributed by atoms with Crippen molar-refractivity contribution in [2.24, 2.45) is 0 Å². The minimum atomic E-state index is -0.489. The van der Waals surface area contributed by atoms with E-state index in [1.54, 1.807) is 6.20 Å². The molecule has 0 aliphatic rings. The average molecular weight is 271 g/mol. The first-order valence-electron chi connectivity index (χ1n) is 6.40. The Labute approximate surface area is 118 Å². The summed E-state index contributed by atoms with van der Waals surface area (Å²) >= 11 is 0. The second-order valence-corrected chi connectivity index (χ2v) is 4.52. The van der Waals surface area contributed by atoms with E-state index < -0.39 is 5.97 Å². The van der Waals surface area contributed by atoms with Crippen molar-refractivity contribution in [2.75, 3.05) is 12.4 Å². The third kappa shape index (κ3) is 3.78. The lowest BCUT2D eigenvalue weighted by molar-refractivity contribution is 0.0593. The van der Waals surface area contributed by atoms with Crippen LogP contribution < -0.4 is 5.32 Å². The summed E-state index contributed by atoms with van der Waals surface area (Å²) in [5, 5.41) is 3.23. The van der Waals surface area contributed by atoms with Crippen LogP contribution in [-0.4, -0.2) is 29.1 Å². The van der Waals surface area contributed by atoms with Gasteiger partial charge in [0.15, 0.2) is 5.69 Å². The molecule has 1 atom stereocenters. The fourth-order valence-corrected chi connectivity index (χ4v) is 1.91. The highest BCUT2D eigenvalue weighted by Gasteiger charge is 2.10. The average Bonchev–Trinajstić information content (AvgIpc) is 2.47. The molecule has 0 saturated heterocycles. The first-order chi connectivity index (χ1) is 9.69. The van der Waals surface area contributed by atoms with E-state index >= 15 is 0 Å². The van der Waals surface area contributed by atoms with E-state index in [0.717, 1.165) is 6.42 Å². The van der Waals surface area contributed by atoms with Crippen molar-refractivity contribution in [3.05, 3.63) is 54.0 Å². The molecule has 0 bridgehead atoms. The molecule has 1 unspecified atom stereocenters. The number of hydrogen-bond acceptors (Lipinski definition) is 5. The summed E-state index contributed by atoms with van der Waals surface area (Å²) in [7, 11) is 1.32. The van der Waals surface area contributed by atoms with Gasteiger partial charge in [0.2, 0.25) is 0 Å². The van der Waals surface area contributed by atoms with Crippen molar-refractivity contribution in [3.8, 4) is 0 Å². The van der Waals surface area contributed by atoms with Crippen LogP contribution in [0.1, 0.15) is 23.0 Å². The highest BCUT2D eigenvalue weighted by molar-refractivity contribution is 5.87. The molecule has 0 radical (unpaired) electrons. The van der Waals surface area contributed by atoms with Crippen LogP contribution in [0.15, 0.2) is 42.7 Å². The summed E-state index contributed by atoms with van der Waals surface area (Å²) in [6.45, 7) is 2.06. The van der Waals surface area contributed by atoms with Gasteiger partial charge in [0.25, 0.3) is 0 Å². The number of carbonyl (C=O) groups is 1. The molecule has 0 amide bonds. The lowest BCUT2D eigenvalue weighted by atomic mass is 10.1. The molecule has 20 heavy (non-hydrogen) atoms. The maximum absolute atomic E-state index is 11.4. The zero-order valence-electron chi connectivity index (χ0n) is 11.5.